The molecule has 0 spiro atoms. The number of hydrogen-bond acceptors (Lipinski definition) is 5. The third-order valence-electron chi connectivity index (χ3n) is 5.28. The molecule has 3 aromatic rings. The van der Waals surface area contributed by atoms with E-state index in [1.807, 2.05) is 23.1 Å². The van der Waals surface area contributed by atoms with Gasteiger partial charge in [0.15, 0.2) is 5.65 Å². The molecule has 0 unspecified atom stereocenters. The summed E-state index contributed by atoms with van der Waals surface area (Å²) in [6.45, 7) is 5.76. The molecule has 1 amide bonds. The first-order valence-electron chi connectivity index (χ1n) is 9.88. The predicted molar refractivity (Wildman–Crippen MR) is 108 cm³/mol. The lowest BCUT2D eigenvalue weighted by Crippen LogP contribution is -2.34. The molecule has 0 aromatic carbocycles. The van der Waals surface area contributed by atoms with Gasteiger partial charge in [0.25, 0.3) is 0 Å². The lowest BCUT2D eigenvalue weighted by molar-refractivity contribution is -0.118. The summed E-state index contributed by atoms with van der Waals surface area (Å²) in [5, 5.41) is 8.88. The van der Waals surface area contributed by atoms with Gasteiger partial charge in [0.2, 0.25) is 5.91 Å². The van der Waals surface area contributed by atoms with E-state index >= 15 is 0 Å². The number of pyridine rings is 2. The highest BCUT2D eigenvalue weighted by atomic mass is 16.1. The molecule has 0 radical (unpaired) electrons. The van der Waals surface area contributed by atoms with E-state index in [1.165, 1.54) is 12.5 Å². The fourth-order valence-electron chi connectivity index (χ4n) is 4.00. The molecule has 4 rings (SSSR count). The molecule has 3 aromatic heterocycles. The maximum absolute atomic E-state index is 11.2. The summed E-state index contributed by atoms with van der Waals surface area (Å²) in [5.41, 5.74) is 3.32. The number of nitrogens with zero attached hydrogens (tertiary/aromatic N) is 5. The molecule has 1 atom stereocenters. The first kappa shape index (κ1) is 18.6. The molecule has 1 aliphatic rings. The van der Waals surface area contributed by atoms with E-state index in [9.17, 15) is 4.79 Å². The van der Waals surface area contributed by atoms with Gasteiger partial charge < -0.3 is 5.32 Å². The Labute approximate surface area is 164 Å². The summed E-state index contributed by atoms with van der Waals surface area (Å²) >= 11 is 0. The van der Waals surface area contributed by atoms with E-state index in [4.69, 9.17) is 5.10 Å². The standard InChI is InChI=1S/C21H26N6O/c1-16(28)23-11-13-27-21-19(5-2-8-24-21)20(25-27)18-4-3-12-26(15-18)14-17-6-9-22-10-7-17/h2,5-10,18H,3-4,11-15H2,1H3,(H,23,28)/t18-/m1/s1. The number of amides is 1. The van der Waals surface area contributed by atoms with E-state index in [2.05, 4.69) is 38.4 Å². The molecule has 1 aliphatic heterocycles. The normalized spacial score (nSPS) is 17.7. The van der Waals surface area contributed by atoms with Crippen LogP contribution in [0.4, 0.5) is 0 Å². The van der Waals surface area contributed by atoms with Crippen molar-refractivity contribution in [1.82, 2.24) is 30.0 Å². The van der Waals surface area contributed by atoms with Crippen LogP contribution in [-0.2, 0) is 17.9 Å². The predicted octanol–water partition coefficient (Wildman–Crippen LogP) is 2.34. The van der Waals surface area contributed by atoms with Crippen molar-refractivity contribution < 1.29 is 4.79 Å². The van der Waals surface area contributed by atoms with Crippen LogP contribution in [0.5, 0.6) is 0 Å². The highest BCUT2D eigenvalue weighted by molar-refractivity contribution is 5.79. The van der Waals surface area contributed by atoms with Crippen LogP contribution in [-0.4, -0.2) is 50.2 Å². The second kappa shape index (κ2) is 8.48. The smallest absolute Gasteiger partial charge is 0.216 e. The van der Waals surface area contributed by atoms with Crippen molar-refractivity contribution >= 4 is 16.9 Å². The fourth-order valence-corrected chi connectivity index (χ4v) is 4.00. The van der Waals surface area contributed by atoms with Gasteiger partial charge >= 0.3 is 0 Å². The highest BCUT2D eigenvalue weighted by Crippen LogP contribution is 2.31. The number of likely N-dealkylation sites (tertiary alicyclic amines) is 1. The molecule has 7 heteroatoms. The molecule has 28 heavy (non-hydrogen) atoms. The molecule has 0 bridgehead atoms. The van der Waals surface area contributed by atoms with E-state index in [-0.39, 0.29) is 5.91 Å². The lowest BCUT2D eigenvalue weighted by atomic mass is 9.93. The largest absolute Gasteiger partial charge is 0.354 e. The quantitative estimate of drug-likeness (QED) is 0.713. The van der Waals surface area contributed by atoms with Crippen LogP contribution in [0.15, 0.2) is 42.9 Å². The molecule has 1 saturated heterocycles. The van der Waals surface area contributed by atoms with Gasteiger partial charge in [-0.3, -0.25) is 14.7 Å². The summed E-state index contributed by atoms with van der Waals surface area (Å²) in [6.07, 6.45) is 7.81. The van der Waals surface area contributed by atoms with E-state index < -0.39 is 0 Å². The molecule has 7 nitrogen and oxygen atoms in total. The van der Waals surface area contributed by atoms with Crippen molar-refractivity contribution in [2.75, 3.05) is 19.6 Å². The average Bonchev–Trinajstić information content (AvgIpc) is 3.08. The Kier molecular flexibility index (Phi) is 5.62. The zero-order valence-electron chi connectivity index (χ0n) is 16.2. The number of rotatable bonds is 6. The maximum Gasteiger partial charge on any atom is 0.216 e. The van der Waals surface area contributed by atoms with Gasteiger partial charge in [-0.1, -0.05) is 0 Å². The third kappa shape index (κ3) is 4.20. The highest BCUT2D eigenvalue weighted by Gasteiger charge is 2.26. The minimum atomic E-state index is -0.0244. The Morgan fingerprint density at radius 2 is 2.11 bits per heavy atom. The number of piperidine rings is 1. The molecule has 146 valence electrons. The Morgan fingerprint density at radius 3 is 2.93 bits per heavy atom. The molecule has 4 heterocycles. The van der Waals surface area contributed by atoms with Crippen molar-refractivity contribution in [3.8, 4) is 0 Å². The first-order valence-corrected chi connectivity index (χ1v) is 9.88. The summed E-state index contributed by atoms with van der Waals surface area (Å²) in [4.78, 5) is 22.3. The Hall–Kier alpha value is -2.80. The van der Waals surface area contributed by atoms with E-state index in [1.54, 1.807) is 6.20 Å². The van der Waals surface area contributed by atoms with Gasteiger partial charge in [0, 0.05) is 56.5 Å². The Balaban J connectivity index is 1.53. The SMILES string of the molecule is CC(=O)NCCn1nc([C@@H]2CCCN(Cc3ccncc3)C2)c2cccnc21. The first-order chi connectivity index (χ1) is 13.7. The van der Waals surface area contributed by atoms with Crippen molar-refractivity contribution in [3.05, 3.63) is 54.1 Å². The number of nitrogens with one attached hydrogen (secondary N) is 1. The Bertz CT molecular complexity index is 938. The average molecular weight is 378 g/mol. The summed E-state index contributed by atoms with van der Waals surface area (Å²) in [6, 6.07) is 8.25. The van der Waals surface area contributed by atoms with Crippen molar-refractivity contribution in [2.24, 2.45) is 0 Å². The van der Waals surface area contributed by atoms with Gasteiger partial charge in [-0.15, -0.1) is 0 Å². The minimum Gasteiger partial charge on any atom is -0.354 e. The topological polar surface area (TPSA) is 75.9 Å². The second-order valence-electron chi connectivity index (χ2n) is 7.40. The second-order valence-corrected chi connectivity index (χ2v) is 7.40. The van der Waals surface area contributed by atoms with Crippen LogP contribution in [0.3, 0.4) is 0 Å². The summed E-state index contributed by atoms with van der Waals surface area (Å²) in [7, 11) is 0. The van der Waals surface area contributed by atoms with Gasteiger partial charge in [0.05, 0.1) is 12.2 Å². The minimum absolute atomic E-state index is 0.0244. The maximum atomic E-state index is 11.2. The van der Waals surface area contributed by atoms with Gasteiger partial charge in [-0.25, -0.2) is 9.67 Å². The fraction of sp³-hybridized carbons (Fsp3) is 0.429. The van der Waals surface area contributed by atoms with Crippen molar-refractivity contribution in [3.63, 3.8) is 0 Å². The number of aromatic nitrogens is 4. The van der Waals surface area contributed by atoms with Crippen molar-refractivity contribution in [1.29, 1.82) is 0 Å². The van der Waals surface area contributed by atoms with Gasteiger partial charge in [-0.05, 0) is 49.2 Å². The summed E-state index contributed by atoms with van der Waals surface area (Å²) in [5.74, 6) is 0.369. The third-order valence-corrected chi connectivity index (χ3v) is 5.28. The zero-order chi connectivity index (χ0) is 19.3. The van der Waals surface area contributed by atoms with Crippen LogP contribution in [0, 0.1) is 0 Å². The molecular weight excluding hydrogens is 352 g/mol. The monoisotopic (exact) mass is 378 g/mol. The number of fused-ring (bicyclic) bond motifs is 1. The van der Waals surface area contributed by atoms with Gasteiger partial charge in [0.1, 0.15) is 0 Å². The number of hydrogen-bond donors (Lipinski definition) is 1. The zero-order valence-corrected chi connectivity index (χ0v) is 16.2. The molecule has 0 aliphatic carbocycles. The Morgan fingerprint density at radius 1 is 1.25 bits per heavy atom. The van der Waals surface area contributed by atoms with E-state index in [0.717, 1.165) is 49.2 Å². The van der Waals surface area contributed by atoms with Crippen LogP contribution in [0.25, 0.3) is 11.0 Å². The number of carbonyl (C=O) groups excluding carboxylic acids is 1. The lowest BCUT2D eigenvalue weighted by Gasteiger charge is -2.32. The molecule has 1 fully saturated rings. The van der Waals surface area contributed by atoms with Crippen molar-refractivity contribution in [2.45, 2.75) is 38.8 Å². The molecular formula is C21H26N6O. The van der Waals surface area contributed by atoms with Crippen LogP contribution in [0.2, 0.25) is 0 Å². The molecule has 0 saturated carbocycles. The molecule has 1 N–H and O–H groups in total. The van der Waals surface area contributed by atoms with Crippen LogP contribution >= 0.6 is 0 Å². The summed E-state index contributed by atoms with van der Waals surface area (Å²) < 4.78 is 1.93. The number of carbonyl (C=O) groups is 1. The van der Waals surface area contributed by atoms with Gasteiger partial charge in [-0.2, -0.15) is 5.10 Å². The van der Waals surface area contributed by atoms with Crippen LogP contribution < -0.4 is 5.32 Å². The van der Waals surface area contributed by atoms with Crippen LogP contribution in [0.1, 0.15) is 36.9 Å². The van der Waals surface area contributed by atoms with E-state index in [0.29, 0.717) is 19.0 Å².